The van der Waals surface area contributed by atoms with Crippen molar-refractivity contribution in [3.05, 3.63) is 29.8 Å². The van der Waals surface area contributed by atoms with Crippen LogP contribution in [0, 0.1) is 0 Å². The number of nitrogens with zero attached hydrogens (tertiary/aromatic N) is 1. The number of benzene rings is 1. The second-order valence-corrected chi connectivity index (χ2v) is 5.32. The molecule has 0 spiro atoms. The second-order valence-electron chi connectivity index (χ2n) is 4.44. The van der Waals surface area contributed by atoms with Gasteiger partial charge in [0.05, 0.1) is 12.1 Å². The number of nitrogens with one attached hydrogen (secondary N) is 1. The molecule has 1 amide bonds. The Morgan fingerprint density at radius 2 is 2.06 bits per heavy atom. The summed E-state index contributed by atoms with van der Waals surface area (Å²) in [6.07, 6.45) is 1.52. The molecule has 0 bridgehead atoms. The zero-order valence-corrected chi connectivity index (χ0v) is 11.4. The van der Waals surface area contributed by atoms with Crippen molar-refractivity contribution in [2.45, 2.75) is 17.0 Å². The maximum atomic E-state index is 12.3. The van der Waals surface area contributed by atoms with E-state index in [1.54, 1.807) is 23.7 Å². The van der Waals surface area contributed by atoms with E-state index in [9.17, 15) is 9.90 Å². The number of aliphatic hydroxyl groups excluding tert-OH is 1. The third-order valence-corrected chi connectivity index (χ3v) is 4.05. The van der Waals surface area contributed by atoms with Gasteiger partial charge in [-0.25, -0.2) is 0 Å². The van der Waals surface area contributed by atoms with E-state index in [1.807, 2.05) is 30.5 Å². The number of β-amino-alcohol motifs (C(OH)–C–C–N with tert-alkyl or cyclic N) is 1. The first kappa shape index (κ1) is 13.4. The zero-order chi connectivity index (χ0) is 13.1. The van der Waals surface area contributed by atoms with Gasteiger partial charge >= 0.3 is 0 Å². The van der Waals surface area contributed by atoms with E-state index >= 15 is 0 Å². The Kier molecular flexibility index (Phi) is 4.27. The fraction of sp³-hybridized carbons (Fsp3) is 0.462. The van der Waals surface area contributed by atoms with Crippen LogP contribution in [0.2, 0.25) is 0 Å². The lowest BCUT2D eigenvalue weighted by molar-refractivity contribution is 0.0581. The Morgan fingerprint density at radius 3 is 2.56 bits per heavy atom. The molecule has 0 saturated carbocycles. The lowest BCUT2D eigenvalue weighted by atomic mass is 10.1. The van der Waals surface area contributed by atoms with Crippen LogP contribution in [0.15, 0.2) is 29.2 Å². The van der Waals surface area contributed by atoms with Crippen LogP contribution in [0.3, 0.4) is 0 Å². The van der Waals surface area contributed by atoms with Gasteiger partial charge in [-0.05, 0) is 30.5 Å². The first-order chi connectivity index (χ1) is 8.63. The molecular formula is C13H18N2O2S. The Balaban J connectivity index is 2.09. The molecule has 18 heavy (non-hydrogen) atoms. The van der Waals surface area contributed by atoms with Crippen molar-refractivity contribution in [3.8, 4) is 0 Å². The van der Waals surface area contributed by atoms with Gasteiger partial charge in [0.2, 0.25) is 0 Å². The first-order valence-electron chi connectivity index (χ1n) is 5.93. The van der Waals surface area contributed by atoms with E-state index in [0.717, 1.165) is 4.90 Å². The number of likely N-dealkylation sites (N-methyl/N-ethyl adjacent to an activating group) is 1. The third kappa shape index (κ3) is 2.68. The van der Waals surface area contributed by atoms with Crippen LogP contribution in [-0.4, -0.2) is 54.5 Å². The Labute approximate surface area is 111 Å². The predicted octanol–water partition coefficient (Wildman–Crippen LogP) is 0.813. The number of thioether (sulfide) groups is 1. The average molecular weight is 266 g/mol. The van der Waals surface area contributed by atoms with Crippen LogP contribution in [0.25, 0.3) is 0 Å². The van der Waals surface area contributed by atoms with Crippen molar-refractivity contribution < 1.29 is 9.90 Å². The fourth-order valence-electron chi connectivity index (χ4n) is 2.13. The molecule has 2 rings (SSSR count). The van der Waals surface area contributed by atoms with E-state index in [4.69, 9.17) is 0 Å². The minimum Gasteiger partial charge on any atom is -0.390 e. The summed E-state index contributed by atoms with van der Waals surface area (Å²) in [5.74, 6) is -0.0459. The van der Waals surface area contributed by atoms with Crippen LogP contribution in [0.5, 0.6) is 0 Å². The number of carbonyl (C=O) groups excluding carboxylic acids is 1. The standard InChI is InChI=1S/C13H18N2O2S/c1-15(11-7-14-8-12(11)16)13(17)9-3-5-10(18-2)6-4-9/h3-6,11-12,14,16H,7-8H2,1-2H3/t11-,12-/m1/s1. The molecule has 1 saturated heterocycles. The smallest absolute Gasteiger partial charge is 0.253 e. The molecule has 98 valence electrons. The average Bonchev–Trinajstić information content (AvgIpc) is 2.83. The summed E-state index contributed by atoms with van der Waals surface area (Å²) in [4.78, 5) is 15.0. The SMILES string of the molecule is CSc1ccc(C(=O)N(C)[C@@H]2CNC[C@H]2O)cc1. The molecule has 2 N–H and O–H groups in total. The molecule has 1 aliphatic rings. The molecular weight excluding hydrogens is 248 g/mol. The zero-order valence-electron chi connectivity index (χ0n) is 10.6. The molecule has 0 aromatic heterocycles. The third-order valence-electron chi connectivity index (χ3n) is 3.31. The maximum absolute atomic E-state index is 12.3. The van der Waals surface area contributed by atoms with Gasteiger partial charge in [-0.2, -0.15) is 0 Å². The van der Waals surface area contributed by atoms with Crippen LogP contribution in [0.1, 0.15) is 10.4 Å². The first-order valence-corrected chi connectivity index (χ1v) is 7.16. The Hall–Kier alpha value is -1.04. The van der Waals surface area contributed by atoms with E-state index in [1.165, 1.54) is 0 Å². The van der Waals surface area contributed by atoms with E-state index in [2.05, 4.69) is 5.32 Å². The van der Waals surface area contributed by atoms with Crippen LogP contribution >= 0.6 is 11.8 Å². The van der Waals surface area contributed by atoms with Gasteiger partial charge < -0.3 is 15.3 Å². The number of rotatable bonds is 3. The Bertz CT molecular complexity index is 422. The second kappa shape index (κ2) is 5.73. The van der Waals surface area contributed by atoms with Crippen LogP contribution < -0.4 is 5.32 Å². The molecule has 0 aliphatic carbocycles. The van der Waals surface area contributed by atoms with E-state index in [-0.39, 0.29) is 11.9 Å². The van der Waals surface area contributed by atoms with Crippen molar-refractivity contribution in [2.24, 2.45) is 0 Å². The summed E-state index contributed by atoms with van der Waals surface area (Å²) >= 11 is 1.65. The highest BCUT2D eigenvalue weighted by Crippen LogP contribution is 2.17. The topological polar surface area (TPSA) is 52.6 Å². The summed E-state index contributed by atoms with van der Waals surface area (Å²) < 4.78 is 0. The number of carbonyl (C=O) groups is 1. The molecule has 1 aromatic carbocycles. The van der Waals surface area contributed by atoms with Gasteiger partial charge in [-0.3, -0.25) is 4.79 Å². The summed E-state index contributed by atoms with van der Waals surface area (Å²) in [6, 6.07) is 7.40. The highest BCUT2D eigenvalue weighted by Gasteiger charge is 2.31. The molecule has 1 aromatic rings. The molecule has 5 heteroatoms. The van der Waals surface area contributed by atoms with E-state index < -0.39 is 6.10 Å². The van der Waals surface area contributed by atoms with Crippen molar-refractivity contribution in [2.75, 3.05) is 26.4 Å². The van der Waals surface area contributed by atoms with E-state index in [0.29, 0.717) is 18.7 Å². The summed E-state index contributed by atoms with van der Waals surface area (Å²) in [5, 5.41) is 12.9. The summed E-state index contributed by atoms with van der Waals surface area (Å²) in [6.45, 7) is 1.19. The molecule has 0 unspecified atom stereocenters. The number of hydrogen-bond donors (Lipinski definition) is 2. The predicted molar refractivity (Wildman–Crippen MR) is 73.0 cm³/mol. The highest BCUT2D eigenvalue weighted by atomic mass is 32.2. The van der Waals surface area contributed by atoms with Crippen LogP contribution in [-0.2, 0) is 0 Å². The van der Waals surface area contributed by atoms with Crippen LogP contribution in [0.4, 0.5) is 0 Å². The van der Waals surface area contributed by atoms with Gasteiger partial charge in [0.15, 0.2) is 0 Å². The number of aliphatic hydroxyl groups is 1. The normalized spacial score (nSPS) is 23.1. The van der Waals surface area contributed by atoms with Crippen molar-refractivity contribution >= 4 is 17.7 Å². The molecule has 1 heterocycles. The Morgan fingerprint density at radius 1 is 1.39 bits per heavy atom. The molecule has 0 radical (unpaired) electrons. The minimum absolute atomic E-state index is 0.0459. The van der Waals surface area contributed by atoms with Crippen molar-refractivity contribution in [3.63, 3.8) is 0 Å². The lowest BCUT2D eigenvalue weighted by Gasteiger charge is -2.26. The van der Waals surface area contributed by atoms with Gasteiger partial charge in [0, 0.05) is 30.6 Å². The molecule has 1 aliphatic heterocycles. The summed E-state index contributed by atoms with van der Waals surface area (Å²) in [7, 11) is 1.74. The highest BCUT2D eigenvalue weighted by molar-refractivity contribution is 7.98. The molecule has 2 atom stereocenters. The van der Waals surface area contributed by atoms with Crippen molar-refractivity contribution in [1.82, 2.24) is 10.2 Å². The van der Waals surface area contributed by atoms with Gasteiger partial charge in [-0.1, -0.05) is 0 Å². The number of amides is 1. The maximum Gasteiger partial charge on any atom is 0.253 e. The van der Waals surface area contributed by atoms with Crippen molar-refractivity contribution in [1.29, 1.82) is 0 Å². The lowest BCUT2D eigenvalue weighted by Crippen LogP contribution is -2.44. The van der Waals surface area contributed by atoms with Gasteiger partial charge in [0.25, 0.3) is 5.91 Å². The van der Waals surface area contributed by atoms with Gasteiger partial charge in [0.1, 0.15) is 0 Å². The number of hydrogen-bond acceptors (Lipinski definition) is 4. The van der Waals surface area contributed by atoms with Gasteiger partial charge in [-0.15, -0.1) is 11.8 Å². The molecule has 4 nitrogen and oxygen atoms in total. The fourth-order valence-corrected chi connectivity index (χ4v) is 2.54. The summed E-state index contributed by atoms with van der Waals surface area (Å²) in [5.41, 5.74) is 0.661. The molecule has 1 fully saturated rings. The largest absolute Gasteiger partial charge is 0.390 e. The monoisotopic (exact) mass is 266 g/mol. The quantitative estimate of drug-likeness (QED) is 0.795. The minimum atomic E-state index is -0.482.